The second-order valence-electron chi connectivity index (χ2n) is 3.22. The number of hydrogen-bond donors (Lipinski definition) is 2. The van der Waals surface area contributed by atoms with Crippen LogP contribution >= 0.6 is 11.8 Å². The molecule has 4 heteroatoms. The highest BCUT2D eigenvalue weighted by Crippen LogP contribution is 2.24. The summed E-state index contributed by atoms with van der Waals surface area (Å²) >= 11 is 1.75. The number of aliphatic hydroxyl groups excluding tert-OH is 1. The van der Waals surface area contributed by atoms with Gasteiger partial charge in [0.1, 0.15) is 0 Å². The molecule has 0 saturated carbocycles. The third-order valence-corrected chi connectivity index (χ3v) is 3.48. The van der Waals surface area contributed by atoms with E-state index in [1.54, 1.807) is 11.8 Å². The van der Waals surface area contributed by atoms with Crippen LogP contribution in [0.1, 0.15) is 25.7 Å². The summed E-state index contributed by atoms with van der Waals surface area (Å²) in [7, 11) is 0. The molecule has 1 fully saturated rings. The summed E-state index contributed by atoms with van der Waals surface area (Å²) in [5.74, 6) is 1.26. The number of thioether (sulfide) groups is 1. The Morgan fingerprint density at radius 2 is 2.38 bits per heavy atom. The zero-order valence-corrected chi connectivity index (χ0v) is 8.61. The van der Waals surface area contributed by atoms with Gasteiger partial charge in [0.15, 0.2) is 0 Å². The number of rotatable bonds is 4. The van der Waals surface area contributed by atoms with Crippen LogP contribution < -0.4 is 5.32 Å². The van der Waals surface area contributed by atoms with Gasteiger partial charge in [0.05, 0.1) is 5.25 Å². The minimum Gasteiger partial charge on any atom is -0.396 e. The van der Waals surface area contributed by atoms with E-state index in [9.17, 15) is 4.79 Å². The van der Waals surface area contributed by atoms with Gasteiger partial charge in [0.2, 0.25) is 5.91 Å². The van der Waals surface area contributed by atoms with E-state index >= 15 is 0 Å². The molecule has 1 aliphatic rings. The first-order valence-electron chi connectivity index (χ1n) is 4.85. The Hall–Kier alpha value is -0.220. The Balaban J connectivity index is 2.13. The molecule has 1 saturated heterocycles. The van der Waals surface area contributed by atoms with Crippen molar-refractivity contribution < 1.29 is 9.90 Å². The smallest absolute Gasteiger partial charge is 0.233 e. The SMILES string of the molecule is O=C(NCCCO)C1CCCCS1. The van der Waals surface area contributed by atoms with Crippen LogP contribution in [-0.4, -0.2) is 35.2 Å². The standard InChI is InChI=1S/C9H17NO2S/c11-6-3-5-10-9(12)8-4-1-2-7-13-8/h8,11H,1-7H2,(H,10,12). The summed E-state index contributed by atoms with van der Waals surface area (Å²) in [5.41, 5.74) is 0. The molecule has 0 aromatic carbocycles. The number of carbonyl (C=O) groups is 1. The summed E-state index contributed by atoms with van der Waals surface area (Å²) in [6.45, 7) is 0.754. The average Bonchev–Trinajstić information content (AvgIpc) is 2.19. The molecule has 1 amide bonds. The van der Waals surface area contributed by atoms with Gasteiger partial charge >= 0.3 is 0 Å². The minimum absolute atomic E-state index is 0.151. The highest BCUT2D eigenvalue weighted by atomic mass is 32.2. The second-order valence-corrected chi connectivity index (χ2v) is 4.53. The van der Waals surface area contributed by atoms with Gasteiger partial charge in [-0.3, -0.25) is 4.79 Å². The van der Waals surface area contributed by atoms with Crippen molar-refractivity contribution in [2.45, 2.75) is 30.9 Å². The minimum atomic E-state index is 0.151. The summed E-state index contributed by atoms with van der Waals surface area (Å²) in [4.78, 5) is 11.5. The number of hydrogen-bond acceptors (Lipinski definition) is 3. The Kier molecular flexibility index (Phi) is 5.23. The molecule has 13 heavy (non-hydrogen) atoms. The maximum atomic E-state index is 11.5. The van der Waals surface area contributed by atoms with Crippen molar-refractivity contribution in [2.75, 3.05) is 18.9 Å². The monoisotopic (exact) mass is 203 g/mol. The van der Waals surface area contributed by atoms with Crippen LogP contribution in [0.15, 0.2) is 0 Å². The molecular formula is C9H17NO2S. The van der Waals surface area contributed by atoms with Crippen molar-refractivity contribution in [2.24, 2.45) is 0 Å². The van der Waals surface area contributed by atoms with Gasteiger partial charge in [-0.05, 0) is 25.0 Å². The normalized spacial score (nSPS) is 22.7. The molecule has 2 N–H and O–H groups in total. The van der Waals surface area contributed by atoms with Gasteiger partial charge in [-0.1, -0.05) is 6.42 Å². The number of nitrogens with one attached hydrogen (secondary N) is 1. The van der Waals surface area contributed by atoms with E-state index in [1.807, 2.05) is 0 Å². The predicted molar refractivity (Wildman–Crippen MR) is 54.8 cm³/mol. The largest absolute Gasteiger partial charge is 0.396 e. The van der Waals surface area contributed by atoms with Crippen LogP contribution in [0, 0.1) is 0 Å². The Bertz CT molecular complexity index is 158. The molecule has 3 nitrogen and oxygen atoms in total. The highest BCUT2D eigenvalue weighted by Gasteiger charge is 2.20. The molecule has 0 aromatic rings. The second kappa shape index (κ2) is 6.27. The van der Waals surface area contributed by atoms with Crippen LogP contribution in [0.5, 0.6) is 0 Å². The highest BCUT2D eigenvalue weighted by molar-refractivity contribution is 8.00. The van der Waals surface area contributed by atoms with E-state index in [2.05, 4.69) is 5.32 Å². The molecule has 0 radical (unpaired) electrons. The molecule has 0 spiro atoms. The molecule has 1 heterocycles. The van der Waals surface area contributed by atoms with Gasteiger partial charge in [0, 0.05) is 13.2 Å². The summed E-state index contributed by atoms with van der Waals surface area (Å²) in [6.07, 6.45) is 4.08. The Morgan fingerprint density at radius 1 is 1.54 bits per heavy atom. The molecule has 1 atom stereocenters. The molecular weight excluding hydrogens is 186 g/mol. The molecule has 1 unspecified atom stereocenters. The average molecular weight is 203 g/mol. The fraction of sp³-hybridized carbons (Fsp3) is 0.889. The van der Waals surface area contributed by atoms with Gasteiger partial charge in [-0.2, -0.15) is 0 Å². The first-order valence-corrected chi connectivity index (χ1v) is 5.89. The van der Waals surface area contributed by atoms with Crippen molar-refractivity contribution in [1.82, 2.24) is 5.32 Å². The van der Waals surface area contributed by atoms with E-state index in [-0.39, 0.29) is 17.8 Å². The lowest BCUT2D eigenvalue weighted by atomic mass is 10.2. The molecule has 0 aliphatic carbocycles. The predicted octanol–water partition coefficient (Wildman–Crippen LogP) is 0.771. The maximum absolute atomic E-state index is 11.5. The summed E-state index contributed by atoms with van der Waals surface area (Å²) in [6, 6.07) is 0. The quantitative estimate of drug-likeness (QED) is 0.664. The van der Waals surface area contributed by atoms with E-state index in [1.165, 1.54) is 12.8 Å². The lowest BCUT2D eigenvalue weighted by Gasteiger charge is -2.20. The summed E-state index contributed by atoms with van der Waals surface area (Å²) < 4.78 is 0. The third kappa shape index (κ3) is 4.00. The van der Waals surface area contributed by atoms with Crippen molar-refractivity contribution in [3.8, 4) is 0 Å². The topological polar surface area (TPSA) is 49.3 Å². The van der Waals surface area contributed by atoms with Crippen LogP contribution in [0.3, 0.4) is 0 Å². The maximum Gasteiger partial charge on any atom is 0.233 e. The van der Waals surface area contributed by atoms with Crippen molar-refractivity contribution in [1.29, 1.82) is 0 Å². The van der Waals surface area contributed by atoms with Crippen LogP contribution in [-0.2, 0) is 4.79 Å². The van der Waals surface area contributed by atoms with Crippen LogP contribution in [0.4, 0.5) is 0 Å². The Labute approximate surface area is 83.3 Å². The first-order chi connectivity index (χ1) is 6.34. The molecule has 1 rings (SSSR count). The van der Waals surface area contributed by atoms with Gasteiger partial charge < -0.3 is 10.4 Å². The van der Waals surface area contributed by atoms with Crippen molar-refractivity contribution >= 4 is 17.7 Å². The number of carbonyl (C=O) groups excluding carboxylic acids is 1. The van der Waals surface area contributed by atoms with E-state index in [0.717, 1.165) is 12.2 Å². The molecule has 1 aliphatic heterocycles. The van der Waals surface area contributed by atoms with Crippen molar-refractivity contribution in [3.63, 3.8) is 0 Å². The van der Waals surface area contributed by atoms with E-state index in [4.69, 9.17) is 5.11 Å². The fourth-order valence-electron chi connectivity index (χ4n) is 1.35. The number of amides is 1. The molecule has 76 valence electrons. The fourth-order valence-corrected chi connectivity index (χ4v) is 2.58. The first kappa shape index (κ1) is 10.9. The molecule has 0 bridgehead atoms. The van der Waals surface area contributed by atoms with E-state index < -0.39 is 0 Å². The Morgan fingerprint density at radius 3 is 3.00 bits per heavy atom. The zero-order valence-electron chi connectivity index (χ0n) is 7.79. The lowest BCUT2D eigenvalue weighted by molar-refractivity contribution is -0.120. The van der Waals surface area contributed by atoms with Crippen LogP contribution in [0.25, 0.3) is 0 Å². The van der Waals surface area contributed by atoms with Gasteiger partial charge in [0.25, 0.3) is 0 Å². The summed E-state index contributed by atoms with van der Waals surface area (Å²) in [5, 5.41) is 11.5. The molecule has 0 aromatic heterocycles. The number of aliphatic hydroxyl groups is 1. The lowest BCUT2D eigenvalue weighted by Crippen LogP contribution is -2.34. The third-order valence-electron chi connectivity index (χ3n) is 2.11. The van der Waals surface area contributed by atoms with Crippen LogP contribution in [0.2, 0.25) is 0 Å². The van der Waals surface area contributed by atoms with Gasteiger partial charge in [-0.15, -0.1) is 11.8 Å². The van der Waals surface area contributed by atoms with Gasteiger partial charge in [-0.25, -0.2) is 0 Å². The zero-order chi connectivity index (χ0) is 9.52. The van der Waals surface area contributed by atoms with Crippen molar-refractivity contribution in [3.05, 3.63) is 0 Å². The van der Waals surface area contributed by atoms with E-state index in [0.29, 0.717) is 13.0 Å².